The van der Waals surface area contributed by atoms with E-state index in [9.17, 15) is 0 Å². The summed E-state index contributed by atoms with van der Waals surface area (Å²) in [6, 6.07) is 12.7. The summed E-state index contributed by atoms with van der Waals surface area (Å²) in [4.78, 5) is 6.65. The van der Waals surface area contributed by atoms with E-state index in [1.807, 2.05) is 12.1 Å². The third-order valence-corrected chi connectivity index (χ3v) is 5.83. The Bertz CT molecular complexity index is 641. The highest BCUT2D eigenvalue weighted by Gasteiger charge is 2.07. The third-order valence-electron chi connectivity index (χ3n) is 5.83. The van der Waals surface area contributed by atoms with E-state index in [2.05, 4.69) is 58.8 Å². The van der Waals surface area contributed by atoms with Crippen LogP contribution >= 0.6 is 0 Å². The second kappa shape index (κ2) is 16.5. The minimum Gasteiger partial charge on any atom is -0.372 e. The van der Waals surface area contributed by atoms with Gasteiger partial charge in [-0.25, -0.2) is 0 Å². The molecule has 0 saturated carbocycles. The number of benzene rings is 1. The van der Waals surface area contributed by atoms with Gasteiger partial charge in [0.05, 0.1) is 11.4 Å². The van der Waals surface area contributed by atoms with E-state index in [1.54, 1.807) is 12.4 Å². The fourth-order valence-corrected chi connectivity index (χ4v) is 3.87. The monoisotopic (exact) mass is 424 g/mol. The molecular weight excluding hydrogens is 380 g/mol. The molecule has 31 heavy (non-hydrogen) atoms. The molecule has 1 heterocycles. The first-order valence-corrected chi connectivity index (χ1v) is 12.6. The fraction of sp³-hybridized carbons (Fsp3) is 0.593. The van der Waals surface area contributed by atoms with Crippen molar-refractivity contribution in [3.63, 3.8) is 0 Å². The van der Waals surface area contributed by atoms with E-state index in [0.29, 0.717) is 0 Å². The standard InChI is InChI=1S/C27H44N4/c1-3-5-7-9-11-13-23-31(24-14-12-10-8-6-4-2)27-17-15-25(16-18-27)29-30-26-19-21-28-22-20-26/h15-22,29H,3-14,23-24H2,1-2H3,(H,28,30). The van der Waals surface area contributed by atoms with Crippen molar-refractivity contribution in [3.8, 4) is 0 Å². The van der Waals surface area contributed by atoms with Gasteiger partial charge in [-0.1, -0.05) is 78.1 Å². The number of unbranched alkanes of at least 4 members (excludes halogenated alkanes) is 10. The lowest BCUT2D eigenvalue weighted by atomic mass is 10.1. The molecule has 0 atom stereocenters. The highest BCUT2D eigenvalue weighted by Crippen LogP contribution is 2.20. The molecule has 2 rings (SSSR count). The molecule has 0 fully saturated rings. The van der Waals surface area contributed by atoms with Crippen molar-refractivity contribution in [2.45, 2.75) is 90.9 Å². The highest BCUT2D eigenvalue weighted by molar-refractivity contribution is 5.57. The van der Waals surface area contributed by atoms with E-state index < -0.39 is 0 Å². The molecule has 1 aromatic carbocycles. The zero-order valence-corrected chi connectivity index (χ0v) is 19.9. The van der Waals surface area contributed by atoms with Crippen LogP contribution in [0, 0.1) is 0 Å². The maximum Gasteiger partial charge on any atom is 0.0570 e. The summed E-state index contributed by atoms with van der Waals surface area (Å²) in [7, 11) is 0. The van der Waals surface area contributed by atoms with Crippen molar-refractivity contribution >= 4 is 17.1 Å². The number of nitrogens with zero attached hydrogens (tertiary/aromatic N) is 2. The lowest BCUT2D eigenvalue weighted by molar-refractivity contribution is 0.575. The first-order valence-electron chi connectivity index (χ1n) is 12.6. The van der Waals surface area contributed by atoms with E-state index in [1.165, 1.54) is 95.8 Å². The molecule has 0 amide bonds. The molecule has 0 saturated heterocycles. The summed E-state index contributed by atoms with van der Waals surface area (Å²) in [6.07, 6.45) is 19.8. The normalized spacial score (nSPS) is 10.8. The molecule has 2 aromatic rings. The van der Waals surface area contributed by atoms with Crippen LogP contribution in [-0.2, 0) is 0 Å². The van der Waals surface area contributed by atoms with Crippen LogP contribution in [0.15, 0.2) is 48.8 Å². The maximum absolute atomic E-state index is 4.05. The van der Waals surface area contributed by atoms with Gasteiger partial charge in [0.2, 0.25) is 0 Å². The SMILES string of the molecule is CCCCCCCCN(CCCCCCCC)c1ccc(NNc2ccncc2)cc1. The second-order valence-corrected chi connectivity index (χ2v) is 8.56. The Morgan fingerprint density at radius 1 is 0.581 bits per heavy atom. The molecule has 0 spiro atoms. The van der Waals surface area contributed by atoms with Gasteiger partial charge in [0.25, 0.3) is 0 Å². The average molecular weight is 425 g/mol. The summed E-state index contributed by atoms with van der Waals surface area (Å²) in [5.41, 5.74) is 9.92. The summed E-state index contributed by atoms with van der Waals surface area (Å²) >= 11 is 0. The predicted octanol–water partition coefficient (Wildman–Crippen LogP) is 8.05. The zero-order valence-electron chi connectivity index (χ0n) is 19.9. The van der Waals surface area contributed by atoms with Crippen molar-refractivity contribution in [3.05, 3.63) is 48.8 Å². The molecule has 0 bridgehead atoms. The molecule has 0 aliphatic carbocycles. The van der Waals surface area contributed by atoms with Crippen LogP contribution in [0.5, 0.6) is 0 Å². The van der Waals surface area contributed by atoms with Crippen molar-refractivity contribution < 1.29 is 0 Å². The second-order valence-electron chi connectivity index (χ2n) is 8.56. The number of hydrogen-bond acceptors (Lipinski definition) is 4. The maximum atomic E-state index is 4.05. The molecular formula is C27H44N4. The molecule has 4 heteroatoms. The Morgan fingerprint density at radius 3 is 1.55 bits per heavy atom. The Kier molecular flexibility index (Phi) is 13.3. The zero-order chi connectivity index (χ0) is 22.0. The topological polar surface area (TPSA) is 40.2 Å². The van der Waals surface area contributed by atoms with Gasteiger partial charge >= 0.3 is 0 Å². The highest BCUT2D eigenvalue weighted by atomic mass is 15.4. The number of pyridine rings is 1. The van der Waals surface area contributed by atoms with E-state index >= 15 is 0 Å². The van der Waals surface area contributed by atoms with Gasteiger partial charge in [-0.15, -0.1) is 0 Å². The van der Waals surface area contributed by atoms with Crippen LogP contribution in [0.4, 0.5) is 17.1 Å². The van der Waals surface area contributed by atoms with Gasteiger partial charge < -0.3 is 15.8 Å². The summed E-state index contributed by atoms with van der Waals surface area (Å²) in [5.74, 6) is 0. The van der Waals surface area contributed by atoms with Gasteiger partial charge in [-0.2, -0.15) is 0 Å². The molecule has 0 aliphatic rings. The van der Waals surface area contributed by atoms with Gasteiger partial charge in [-0.3, -0.25) is 4.98 Å². The molecule has 2 N–H and O–H groups in total. The Morgan fingerprint density at radius 2 is 1.03 bits per heavy atom. The summed E-state index contributed by atoms with van der Waals surface area (Å²) < 4.78 is 0. The van der Waals surface area contributed by atoms with Gasteiger partial charge in [-0.05, 0) is 49.2 Å². The van der Waals surface area contributed by atoms with Crippen molar-refractivity contribution in [1.29, 1.82) is 0 Å². The van der Waals surface area contributed by atoms with Gasteiger partial charge in [0.1, 0.15) is 0 Å². The molecule has 4 nitrogen and oxygen atoms in total. The molecule has 1 aromatic heterocycles. The first-order chi connectivity index (χ1) is 15.3. The third kappa shape index (κ3) is 11.1. The van der Waals surface area contributed by atoms with Crippen LogP contribution < -0.4 is 15.8 Å². The quantitative estimate of drug-likeness (QED) is 0.187. The number of aromatic nitrogens is 1. The number of nitrogens with one attached hydrogen (secondary N) is 2. The van der Waals surface area contributed by atoms with Crippen LogP contribution in [0.3, 0.4) is 0 Å². The van der Waals surface area contributed by atoms with Crippen molar-refractivity contribution in [1.82, 2.24) is 4.98 Å². The van der Waals surface area contributed by atoms with Crippen LogP contribution in [0.2, 0.25) is 0 Å². The molecule has 0 radical (unpaired) electrons. The fourth-order valence-electron chi connectivity index (χ4n) is 3.87. The molecule has 0 unspecified atom stereocenters. The minimum atomic E-state index is 1.01. The van der Waals surface area contributed by atoms with Crippen molar-refractivity contribution in [2.24, 2.45) is 0 Å². The Balaban J connectivity index is 1.82. The van der Waals surface area contributed by atoms with Crippen molar-refractivity contribution in [2.75, 3.05) is 28.8 Å². The number of rotatable bonds is 18. The predicted molar refractivity (Wildman–Crippen MR) is 137 cm³/mol. The van der Waals surface area contributed by atoms with Crippen LogP contribution in [-0.4, -0.2) is 18.1 Å². The first kappa shape index (κ1) is 25.0. The number of hydrazine groups is 1. The lowest BCUT2D eigenvalue weighted by Crippen LogP contribution is -2.25. The minimum absolute atomic E-state index is 1.01. The lowest BCUT2D eigenvalue weighted by Gasteiger charge is -2.25. The number of anilines is 3. The van der Waals surface area contributed by atoms with E-state index in [4.69, 9.17) is 0 Å². The average Bonchev–Trinajstić information content (AvgIpc) is 2.82. The number of hydrogen-bond donors (Lipinski definition) is 2. The summed E-state index contributed by atoms with van der Waals surface area (Å²) in [5, 5.41) is 0. The van der Waals surface area contributed by atoms with Crippen LogP contribution in [0.1, 0.15) is 90.9 Å². The summed E-state index contributed by atoms with van der Waals surface area (Å²) in [6.45, 7) is 6.91. The molecule has 0 aliphatic heterocycles. The van der Waals surface area contributed by atoms with E-state index in [0.717, 1.165) is 11.4 Å². The molecule has 172 valence electrons. The van der Waals surface area contributed by atoms with Gasteiger partial charge in [0.15, 0.2) is 0 Å². The Labute approximate surface area is 190 Å². The Hall–Kier alpha value is -2.23. The van der Waals surface area contributed by atoms with E-state index in [-0.39, 0.29) is 0 Å². The largest absolute Gasteiger partial charge is 0.372 e. The van der Waals surface area contributed by atoms with Gasteiger partial charge in [0, 0.05) is 31.2 Å². The van der Waals surface area contributed by atoms with Crippen LogP contribution in [0.25, 0.3) is 0 Å². The smallest absolute Gasteiger partial charge is 0.0570 e.